The van der Waals surface area contributed by atoms with E-state index in [1.165, 1.54) is 25.7 Å². The minimum Gasteiger partial charge on any atom is -0.465 e. The quantitative estimate of drug-likeness (QED) is 0.371. The second kappa shape index (κ2) is 7.77. The first-order valence-electron chi connectivity index (χ1n) is 8.05. The van der Waals surface area contributed by atoms with Crippen molar-refractivity contribution in [3.05, 3.63) is 0 Å². The van der Waals surface area contributed by atoms with E-state index in [-0.39, 0.29) is 30.0 Å². The maximum Gasteiger partial charge on any atom is 0.312 e. The van der Waals surface area contributed by atoms with Crippen LogP contribution in [0.1, 0.15) is 58.3 Å². The second-order valence-electron chi connectivity index (χ2n) is 5.96. The number of aldehydes is 1. The van der Waals surface area contributed by atoms with E-state index < -0.39 is 0 Å². The van der Waals surface area contributed by atoms with Crippen molar-refractivity contribution in [2.45, 2.75) is 70.5 Å². The van der Waals surface area contributed by atoms with Crippen LogP contribution in [0.25, 0.3) is 0 Å². The highest BCUT2D eigenvalue weighted by atomic mass is 16.5. The monoisotopic (exact) mass is 282 g/mol. The van der Waals surface area contributed by atoms with Crippen molar-refractivity contribution in [1.82, 2.24) is 0 Å². The largest absolute Gasteiger partial charge is 0.465 e. The number of unbranched alkanes of at least 4 members (excludes halogenated alkanes) is 5. The molecule has 2 fully saturated rings. The summed E-state index contributed by atoms with van der Waals surface area (Å²) >= 11 is 0. The Kier molecular flexibility index (Phi) is 6.02. The van der Waals surface area contributed by atoms with Gasteiger partial charge in [-0.25, -0.2) is 0 Å². The fraction of sp³-hybridized carbons (Fsp3) is 0.875. The van der Waals surface area contributed by atoms with E-state index in [2.05, 4.69) is 6.92 Å². The van der Waals surface area contributed by atoms with Crippen molar-refractivity contribution in [2.24, 2.45) is 11.8 Å². The number of hydrogen-bond donors (Lipinski definition) is 0. The highest BCUT2D eigenvalue weighted by molar-refractivity contribution is 5.78. The lowest BCUT2D eigenvalue weighted by Crippen LogP contribution is -2.35. The Bertz CT molecular complexity index is 328. The number of carbonyl (C=O) groups excluding carboxylic acids is 2. The zero-order chi connectivity index (χ0) is 14.4. The standard InChI is InChI=1S/C16H26O4/c1-2-3-4-5-6-7-10-19-16(18)15-12(11-17)13-8-9-14(15)20-13/h11-15H,2-10H2,1H3. The summed E-state index contributed by atoms with van der Waals surface area (Å²) in [7, 11) is 0. The van der Waals surface area contributed by atoms with Gasteiger partial charge in [-0.15, -0.1) is 0 Å². The summed E-state index contributed by atoms with van der Waals surface area (Å²) in [6.45, 7) is 2.67. The van der Waals surface area contributed by atoms with Gasteiger partial charge in [-0.3, -0.25) is 4.79 Å². The lowest BCUT2D eigenvalue weighted by Gasteiger charge is -2.22. The van der Waals surface area contributed by atoms with Crippen LogP contribution in [-0.2, 0) is 19.1 Å². The van der Waals surface area contributed by atoms with Crippen LogP contribution in [0.4, 0.5) is 0 Å². The summed E-state index contributed by atoms with van der Waals surface area (Å²) in [5.41, 5.74) is 0. The van der Waals surface area contributed by atoms with Gasteiger partial charge in [0.2, 0.25) is 0 Å². The number of ether oxygens (including phenoxy) is 2. The van der Waals surface area contributed by atoms with Crippen LogP contribution in [0.3, 0.4) is 0 Å². The molecule has 0 N–H and O–H groups in total. The molecule has 4 atom stereocenters. The summed E-state index contributed by atoms with van der Waals surface area (Å²) in [6, 6.07) is 0. The van der Waals surface area contributed by atoms with Gasteiger partial charge in [0.1, 0.15) is 6.29 Å². The Morgan fingerprint density at radius 2 is 1.85 bits per heavy atom. The number of rotatable bonds is 9. The first-order chi connectivity index (χ1) is 9.77. The molecule has 2 rings (SSSR count). The maximum absolute atomic E-state index is 12.1. The average Bonchev–Trinajstić information content (AvgIpc) is 3.06. The molecule has 0 aromatic rings. The van der Waals surface area contributed by atoms with E-state index >= 15 is 0 Å². The zero-order valence-corrected chi connectivity index (χ0v) is 12.4. The minimum atomic E-state index is -0.355. The van der Waals surface area contributed by atoms with Crippen LogP contribution >= 0.6 is 0 Å². The SMILES string of the molecule is CCCCCCCCOC(=O)C1C2CCC(O2)C1C=O. The van der Waals surface area contributed by atoms with Crippen LogP contribution in [0.2, 0.25) is 0 Å². The molecule has 2 aliphatic rings. The highest BCUT2D eigenvalue weighted by Gasteiger charge is 2.52. The Balaban J connectivity index is 1.64. The summed E-state index contributed by atoms with van der Waals surface area (Å²) in [4.78, 5) is 23.2. The molecule has 0 amide bonds. The smallest absolute Gasteiger partial charge is 0.312 e. The molecule has 2 bridgehead atoms. The Hall–Kier alpha value is -0.900. The van der Waals surface area contributed by atoms with Gasteiger partial charge in [0.05, 0.1) is 30.7 Å². The van der Waals surface area contributed by atoms with E-state index in [4.69, 9.17) is 9.47 Å². The molecule has 4 unspecified atom stereocenters. The molecule has 4 nitrogen and oxygen atoms in total. The van der Waals surface area contributed by atoms with Crippen molar-refractivity contribution >= 4 is 12.3 Å². The topological polar surface area (TPSA) is 52.6 Å². The number of carbonyl (C=O) groups is 2. The fourth-order valence-corrected chi connectivity index (χ4v) is 3.35. The third-order valence-corrected chi connectivity index (χ3v) is 4.50. The molecule has 114 valence electrons. The van der Waals surface area contributed by atoms with Crippen molar-refractivity contribution in [3.63, 3.8) is 0 Å². The molecule has 0 aromatic carbocycles. The molecular weight excluding hydrogens is 256 g/mol. The first kappa shape index (κ1) is 15.5. The fourth-order valence-electron chi connectivity index (χ4n) is 3.35. The molecule has 0 radical (unpaired) electrons. The number of esters is 1. The van der Waals surface area contributed by atoms with E-state index in [1.807, 2.05) is 0 Å². The van der Waals surface area contributed by atoms with Gasteiger partial charge in [0, 0.05) is 0 Å². The molecule has 0 saturated carbocycles. The van der Waals surface area contributed by atoms with E-state index in [0.717, 1.165) is 32.0 Å². The maximum atomic E-state index is 12.1. The van der Waals surface area contributed by atoms with Gasteiger partial charge >= 0.3 is 5.97 Å². The predicted octanol–water partition coefficient (Wildman–Crippen LogP) is 2.88. The normalized spacial score (nSPS) is 31.4. The molecule has 20 heavy (non-hydrogen) atoms. The third-order valence-electron chi connectivity index (χ3n) is 4.50. The molecule has 0 spiro atoms. The van der Waals surface area contributed by atoms with Crippen molar-refractivity contribution in [1.29, 1.82) is 0 Å². The zero-order valence-electron chi connectivity index (χ0n) is 12.4. The Labute approximate surface area is 121 Å². The second-order valence-corrected chi connectivity index (χ2v) is 5.96. The average molecular weight is 282 g/mol. The van der Waals surface area contributed by atoms with Gasteiger partial charge in [-0.05, 0) is 19.3 Å². The predicted molar refractivity (Wildman–Crippen MR) is 75.3 cm³/mol. The molecule has 4 heteroatoms. The van der Waals surface area contributed by atoms with E-state index in [1.54, 1.807) is 0 Å². The first-order valence-corrected chi connectivity index (χ1v) is 8.05. The lowest BCUT2D eigenvalue weighted by atomic mass is 9.80. The molecule has 2 aliphatic heterocycles. The van der Waals surface area contributed by atoms with Gasteiger partial charge < -0.3 is 14.3 Å². The molecular formula is C16H26O4. The van der Waals surface area contributed by atoms with Crippen LogP contribution in [0.5, 0.6) is 0 Å². The number of hydrogen-bond acceptors (Lipinski definition) is 4. The Morgan fingerprint density at radius 3 is 2.60 bits per heavy atom. The van der Waals surface area contributed by atoms with Crippen molar-refractivity contribution < 1.29 is 19.1 Å². The summed E-state index contributed by atoms with van der Waals surface area (Å²) in [5, 5.41) is 0. The van der Waals surface area contributed by atoms with Crippen molar-refractivity contribution in [3.8, 4) is 0 Å². The molecule has 0 aliphatic carbocycles. The summed E-state index contributed by atoms with van der Waals surface area (Å²) < 4.78 is 11.0. The molecule has 2 saturated heterocycles. The van der Waals surface area contributed by atoms with Crippen LogP contribution in [-0.4, -0.2) is 31.1 Å². The lowest BCUT2D eigenvalue weighted by molar-refractivity contribution is -0.152. The highest BCUT2D eigenvalue weighted by Crippen LogP contribution is 2.43. The van der Waals surface area contributed by atoms with Crippen LogP contribution in [0, 0.1) is 11.8 Å². The summed E-state index contributed by atoms with van der Waals surface area (Å²) in [6.07, 6.45) is 9.53. The van der Waals surface area contributed by atoms with Gasteiger partial charge in [-0.1, -0.05) is 39.0 Å². The van der Waals surface area contributed by atoms with E-state index in [9.17, 15) is 9.59 Å². The molecule has 2 heterocycles. The van der Waals surface area contributed by atoms with E-state index in [0.29, 0.717) is 6.61 Å². The van der Waals surface area contributed by atoms with Crippen LogP contribution in [0.15, 0.2) is 0 Å². The van der Waals surface area contributed by atoms with Gasteiger partial charge in [0.25, 0.3) is 0 Å². The Morgan fingerprint density at radius 1 is 1.15 bits per heavy atom. The van der Waals surface area contributed by atoms with Gasteiger partial charge in [0.15, 0.2) is 0 Å². The summed E-state index contributed by atoms with van der Waals surface area (Å²) in [5.74, 6) is -0.875. The molecule has 0 aromatic heterocycles. The van der Waals surface area contributed by atoms with Crippen molar-refractivity contribution in [2.75, 3.05) is 6.61 Å². The minimum absolute atomic E-state index is 0.0518. The van der Waals surface area contributed by atoms with Crippen LogP contribution < -0.4 is 0 Å². The number of fused-ring (bicyclic) bond motifs is 2. The third kappa shape index (κ3) is 3.60. The van der Waals surface area contributed by atoms with Gasteiger partial charge in [-0.2, -0.15) is 0 Å².